The largest absolute Gasteiger partial charge is 0.493 e. The minimum atomic E-state index is -0.299. The van der Waals surface area contributed by atoms with Crippen LogP contribution in [0.25, 0.3) is 0 Å². The molecular weight excluding hydrogens is 242 g/mol. The van der Waals surface area contributed by atoms with Gasteiger partial charge in [0.05, 0.1) is 19.8 Å². The molecule has 0 amide bonds. The molecule has 0 aromatic heterocycles. The molecule has 0 saturated heterocycles. The van der Waals surface area contributed by atoms with Gasteiger partial charge >= 0.3 is 0 Å². The lowest BCUT2D eigenvalue weighted by atomic mass is 10.1. The van der Waals surface area contributed by atoms with E-state index in [1.54, 1.807) is 7.11 Å². The Kier molecular flexibility index (Phi) is 6.67. The predicted molar refractivity (Wildman–Crippen MR) is 76.9 cm³/mol. The molecule has 4 heteroatoms. The highest BCUT2D eigenvalue weighted by Crippen LogP contribution is 2.30. The van der Waals surface area contributed by atoms with Gasteiger partial charge < -0.3 is 19.9 Å². The highest BCUT2D eigenvalue weighted by atomic mass is 16.5. The van der Waals surface area contributed by atoms with Crippen LogP contribution < -0.4 is 14.8 Å². The SMILES string of the molecule is CCOc1ccc(C(C)NC[C@H](O)CC)cc1OC. The quantitative estimate of drug-likeness (QED) is 0.760. The number of aliphatic hydroxyl groups is 1. The molecule has 0 aliphatic heterocycles. The summed E-state index contributed by atoms with van der Waals surface area (Å²) in [5.41, 5.74) is 1.11. The molecule has 0 aliphatic rings. The zero-order valence-corrected chi connectivity index (χ0v) is 12.3. The van der Waals surface area contributed by atoms with Crippen molar-refractivity contribution in [3.8, 4) is 11.5 Å². The molecule has 2 N–H and O–H groups in total. The monoisotopic (exact) mass is 267 g/mol. The predicted octanol–water partition coefficient (Wildman–Crippen LogP) is 2.52. The third-order valence-corrected chi connectivity index (χ3v) is 3.12. The van der Waals surface area contributed by atoms with Crippen LogP contribution in [-0.4, -0.2) is 31.5 Å². The molecule has 2 atom stereocenters. The number of aliphatic hydroxyl groups excluding tert-OH is 1. The molecule has 0 heterocycles. The summed E-state index contributed by atoms with van der Waals surface area (Å²) >= 11 is 0. The summed E-state index contributed by atoms with van der Waals surface area (Å²) in [6.07, 6.45) is 0.457. The van der Waals surface area contributed by atoms with Crippen LogP contribution in [-0.2, 0) is 0 Å². The van der Waals surface area contributed by atoms with Gasteiger partial charge in [0, 0.05) is 12.6 Å². The number of rotatable bonds is 8. The first-order valence-electron chi connectivity index (χ1n) is 6.84. The number of hydrogen-bond donors (Lipinski definition) is 2. The third-order valence-electron chi connectivity index (χ3n) is 3.12. The van der Waals surface area contributed by atoms with E-state index in [1.165, 1.54) is 0 Å². The van der Waals surface area contributed by atoms with E-state index in [1.807, 2.05) is 32.0 Å². The fourth-order valence-electron chi connectivity index (χ4n) is 1.80. The molecule has 4 nitrogen and oxygen atoms in total. The fourth-order valence-corrected chi connectivity index (χ4v) is 1.80. The van der Waals surface area contributed by atoms with Crippen molar-refractivity contribution in [2.75, 3.05) is 20.3 Å². The van der Waals surface area contributed by atoms with Crippen LogP contribution in [0.4, 0.5) is 0 Å². The summed E-state index contributed by atoms with van der Waals surface area (Å²) in [4.78, 5) is 0. The lowest BCUT2D eigenvalue weighted by Gasteiger charge is -2.18. The van der Waals surface area contributed by atoms with Crippen molar-refractivity contribution in [1.29, 1.82) is 0 Å². The second-order valence-electron chi connectivity index (χ2n) is 4.54. The summed E-state index contributed by atoms with van der Waals surface area (Å²) in [6.45, 7) is 7.19. The summed E-state index contributed by atoms with van der Waals surface area (Å²) in [7, 11) is 1.64. The highest BCUT2D eigenvalue weighted by molar-refractivity contribution is 5.43. The Hall–Kier alpha value is -1.26. The Morgan fingerprint density at radius 3 is 2.58 bits per heavy atom. The molecule has 0 radical (unpaired) electrons. The molecule has 1 aromatic carbocycles. The van der Waals surface area contributed by atoms with E-state index in [-0.39, 0.29) is 12.1 Å². The minimum Gasteiger partial charge on any atom is -0.493 e. The summed E-state index contributed by atoms with van der Waals surface area (Å²) in [5, 5.41) is 12.9. The maximum atomic E-state index is 9.56. The number of methoxy groups -OCH3 is 1. The Balaban J connectivity index is 2.72. The molecule has 1 rings (SSSR count). The Morgan fingerprint density at radius 2 is 2.00 bits per heavy atom. The molecule has 0 bridgehead atoms. The molecule has 108 valence electrons. The average Bonchev–Trinajstić information content (AvgIpc) is 2.44. The van der Waals surface area contributed by atoms with Crippen LogP contribution >= 0.6 is 0 Å². The normalized spacial score (nSPS) is 13.9. The number of nitrogens with one attached hydrogen (secondary N) is 1. The number of benzene rings is 1. The lowest BCUT2D eigenvalue weighted by molar-refractivity contribution is 0.163. The van der Waals surface area contributed by atoms with Crippen molar-refractivity contribution < 1.29 is 14.6 Å². The van der Waals surface area contributed by atoms with Crippen molar-refractivity contribution in [3.05, 3.63) is 23.8 Å². The van der Waals surface area contributed by atoms with Gasteiger partial charge in [-0.25, -0.2) is 0 Å². The number of hydrogen-bond acceptors (Lipinski definition) is 4. The first-order chi connectivity index (χ1) is 9.12. The van der Waals surface area contributed by atoms with Crippen molar-refractivity contribution in [1.82, 2.24) is 5.32 Å². The van der Waals surface area contributed by atoms with Gasteiger partial charge in [0.1, 0.15) is 0 Å². The molecule has 0 fully saturated rings. The zero-order chi connectivity index (χ0) is 14.3. The molecule has 0 aliphatic carbocycles. The van der Waals surface area contributed by atoms with Gasteiger partial charge in [-0.1, -0.05) is 13.0 Å². The van der Waals surface area contributed by atoms with Crippen LogP contribution in [0.5, 0.6) is 11.5 Å². The standard InChI is InChI=1S/C15H25NO3/c1-5-13(17)10-16-11(3)12-7-8-14(19-6-2)15(9-12)18-4/h7-9,11,13,16-17H,5-6,10H2,1-4H3/t11?,13-/m1/s1. The molecule has 19 heavy (non-hydrogen) atoms. The molecule has 0 saturated carbocycles. The van der Waals surface area contributed by atoms with Gasteiger partial charge in [0.2, 0.25) is 0 Å². The van der Waals surface area contributed by atoms with Crippen molar-refractivity contribution in [2.45, 2.75) is 39.3 Å². The average molecular weight is 267 g/mol. The van der Waals surface area contributed by atoms with E-state index in [2.05, 4.69) is 12.2 Å². The van der Waals surface area contributed by atoms with E-state index in [4.69, 9.17) is 9.47 Å². The van der Waals surface area contributed by atoms with E-state index >= 15 is 0 Å². The van der Waals surface area contributed by atoms with Crippen LogP contribution in [0.3, 0.4) is 0 Å². The van der Waals surface area contributed by atoms with Gasteiger partial charge in [-0.3, -0.25) is 0 Å². The van der Waals surface area contributed by atoms with Gasteiger partial charge in [-0.15, -0.1) is 0 Å². The molecular formula is C15H25NO3. The molecule has 1 unspecified atom stereocenters. The van der Waals surface area contributed by atoms with Crippen molar-refractivity contribution in [2.24, 2.45) is 0 Å². The first-order valence-corrected chi connectivity index (χ1v) is 6.84. The fraction of sp³-hybridized carbons (Fsp3) is 0.600. The number of ether oxygens (including phenoxy) is 2. The first kappa shape index (κ1) is 15.8. The lowest BCUT2D eigenvalue weighted by Crippen LogP contribution is -2.28. The maximum Gasteiger partial charge on any atom is 0.161 e. The summed E-state index contributed by atoms with van der Waals surface area (Å²) in [5.74, 6) is 1.50. The van der Waals surface area contributed by atoms with Crippen LogP contribution in [0.15, 0.2) is 18.2 Å². The van der Waals surface area contributed by atoms with Gasteiger partial charge in [0.25, 0.3) is 0 Å². The Labute approximate surface area is 115 Å². The third kappa shape index (κ3) is 4.73. The van der Waals surface area contributed by atoms with Gasteiger partial charge in [-0.2, -0.15) is 0 Å². The zero-order valence-electron chi connectivity index (χ0n) is 12.3. The highest BCUT2D eigenvalue weighted by Gasteiger charge is 2.11. The smallest absolute Gasteiger partial charge is 0.161 e. The van der Waals surface area contributed by atoms with Crippen LogP contribution in [0.2, 0.25) is 0 Å². The molecule has 1 aromatic rings. The Morgan fingerprint density at radius 1 is 1.26 bits per heavy atom. The van der Waals surface area contributed by atoms with Crippen LogP contribution in [0.1, 0.15) is 38.8 Å². The molecule has 0 spiro atoms. The van der Waals surface area contributed by atoms with Crippen molar-refractivity contribution >= 4 is 0 Å². The van der Waals surface area contributed by atoms with E-state index in [0.717, 1.165) is 23.5 Å². The minimum absolute atomic E-state index is 0.158. The summed E-state index contributed by atoms with van der Waals surface area (Å²) < 4.78 is 10.8. The van der Waals surface area contributed by atoms with Gasteiger partial charge in [0.15, 0.2) is 11.5 Å². The van der Waals surface area contributed by atoms with Crippen molar-refractivity contribution in [3.63, 3.8) is 0 Å². The van der Waals surface area contributed by atoms with E-state index in [9.17, 15) is 5.11 Å². The van der Waals surface area contributed by atoms with Crippen LogP contribution in [0, 0.1) is 0 Å². The van der Waals surface area contributed by atoms with E-state index < -0.39 is 0 Å². The maximum absolute atomic E-state index is 9.56. The Bertz CT molecular complexity index is 382. The summed E-state index contributed by atoms with van der Waals surface area (Å²) in [6, 6.07) is 6.07. The second-order valence-corrected chi connectivity index (χ2v) is 4.54. The second kappa shape index (κ2) is 8.02. The topological polar surface area (TPSA) is 50.7 Å². The van der Waals surface area contributed by atoms with Gasteiger partial charge in [-0.05, 0) is 38.0 Å². The van der Waals surface area contributed by atoms with E-state index in [0.29, 0.717) is 13.2 Å².